The number of hydrogen-bond acceptors (Lipinski definition) is 7. The topological polar surface area (TPSA) is 168 Å². The van der Waals surface area contributed by atoms with Crippen molar-refractivity contribution in [2.24, 2.45) is 5.92 Å². The van der Waals surface area contributed by atoms with Gasteiger partial charge in [-0.3, -0.25) is 14.2 Å². The largest absolute Gasteiger partial charge is 0.481 e. The van der Waals surface area contributed by atoms with E-state index >= 15 is 0 Å². The van der Waals surface area contributed by atoms with Gasteiger partial charge in [0.05, 0.1) is 19.1 Å². The number of aromatic nitrogens is 4. The standard InChI is InChI=1S/C15H16N4O7/c20-8-2-1-7-3-14(13(24)25,4-9(21)22)26-15(7,8)19-6-18-10-11(19)16-5-17-12(10)23/h5-8,20H,1-4H2,(H,21,22)(H,24,25)(H,16,17,23)/t7?,8-,14-,15+/m0/s1. The number of rotatable bonds is 4. The summed E-state index contributed by atoms with van der Waals surface area (Å²) in [5.41, 5.74) is -3.84. The SMILES string of the molecule is O=C(O)C[C@]1(C(=O)O)CC2CC[C@H](O)[C@]2(n2cnc3c(=O)[nH]cnc32)O1. The average molecular weight is 364 g/mol. The second-order valence-corrected chi connectivity index (χ2v) is 6.74. The maximum Gasteiger partial charge on any atom is 0.336 e. The minimum absolute atomic E-state index is 0.0226. The lowest BCUT2D eigenvalue weighted by Crippen LogP contribution is -2.49. The molecule has 1 saturated heterocycles. The van der Waals surface area contributed by atoms with Gasteiger partial charge < -0.3 is 25.0 Å². The first-order valence-electron chi connectivity index (χ1n) is 8.05. The number of imidazole rings is 1. The van der Waals surface area contributed by atoms with E-state index in [1.54, 1.807) is 0 Å². The van der Waals surface area contributed by atoms with Gasteiger partial charge in [0.25, 0.3) is 5.56 Å². The van der Waals surface area contributed by atoms with Gasteiger partial charge in [-0.25, -0.2) is 14.8 Å². The lowest BCUT2D eigenvalue weighted by molar-refractivity contribution is -0.215. The molecule has 11 heteroatoms. The van der Waals surface area contributed by atoms with Crippen molar-refractivity contribution >= 4 is 23.1 Å². The molecule has 1 aliphatic carbocycles. The molecule has 0 spiro atoms. The van der Waals surface area contributed by atoms with E-state index in [0.29, 0.717) is 12.8 Å². The van der Waals surface area contributed by atoms with E-state index in [-0.39, 0.29) is 17.6 Å². The number of fused-ring (bicyclic) bond motifs is 2. The summed E-state index contributed by atoms with van der Waals surface area (Å²) in [4.78, 5) is 45.5. The molecule has 4 atom stereocenters. The Kier molecular flexibility index (Phi) is 3.43. The van der Waals surface area contributed by atoms with Gasteiger partial charge in [0.1, 0.15) is 6.10 Å². The van der Waals surface area contributed by atoms with Crippen molar-refractivity contribution in [3.63, 3.8) is 0 Å². The predicted molar refractivity (Wildman–Crippen MR) is 83.2 cm³/mol. The van der Waals surface area contributed by atoms with Crippen LogP contribution in [0.1, 0.15) is 25.7 Å². The van der Waals surface area contributed by atoms with Crippen LogP contribution in [0.15, 0.2) is 17.4 Å². The number of aliphatic hydroxyl groups excluding tert-OH is 1. The highest BCUT2D eigenvalue weighted by Crippen LogP contribution is 2.56. The molecule has 138 valence electrons. The fourth-order valence-corrected chi connectivity index (χ4v) is 4.26. The normalized spacial score (nSPS) is 33.4. The molecule has 1 aliphatic heterocycles. The fraction of sp³-hybridized carbons (Fsp3) is 0.533. The Morgan fingerprint density at radius 3 is 2.81 bits per heavy atom. The zero-order chi connectivity index (χ0) is 18.7. The third-order valence-electron chi connectivity index (χ3n) is 5.33. The maximum atomic E-state index is 11.9. The molecule has 1 saturated carbocycles. The molecule has 3 heterocycles. The molecule has 26 heavy (non-hydrogen) atoms. The van der Waals surface area contributed by atoms with Gasteiger partial charge in [-0.1, -0.05) is 0 Å². The van der Waals surface area contributed by atoms with Gasteiger partial charge in [0.2, 0.25) is 0 Å². The van der Waals surface area contributed by atoms with Crippen molar-refractivity contribution in [3.05, 3.63) is 23.0 Å². The van der Waals surface area contributed by atoms with E-state index in [9.17, 15) is 24.6 Å². The molecule has 0 bridgehead atoms. The summed E-state index contributed by atoms with van der Waals surface area (Å²) in [5.74, 6) is -3.19. The van der Waals surface area contributed by atoms with Gasteiger partial charge in [0, 0.05) is 5.92 Å². The number of carboxylic acids is 2. The smallest absolute Gasteiger partial charge is 0.336 e. The molecule has 2 aromatic heterocycles. The summed E-state index contributed by atoms with van der Waals surface area (Å²) >= 11 is 0. The Bertz CT molecular complexity index is 968. The van der Waals surface area contributed by atoms with Crippen LogP contribution >= 0.6 is 0 Å². The molecule has 2 aliphatic rings. The zero-order valence-corrected chi connectivity index (χ0v) is 13.5. The van der Waals surface area contributed by atoms with Gasteiger partial charge in [-0.2, -0.15) is 0 Å². The highest BCUT2D eigenvalue weighted by atomic mass is 16.6. The number of carboxylic acid groups (broad SMARTS) is 2. The minimum atomic E-state index is -1.98. The quantitative estimate of drug-likeness (QED) is 0.546. The van der Waals surface area contributed by atoms with Crippen molar-refractivity contribution in [1.29, 1.82) is 0 Å². The number of aromatic amines is 1. The number of carbonyl (C=O) groups is 2. The molecule has 2 aromatic rings. The average Bonchev–Trinajstić information content (AvgIpc) is 3.20. The molecular weight excluding hydrogens is 348 g/mol. The van der Waals surface area contributed by atoms with Crippen LogP contribution in [0.25, 0.3) is 11.2 Å². The molecule has 4 N–H and O–H groups in total. The third kappa shape index (κ3) is 2.04. The number of ether oxygens (including phenoxy) is 1. The van der Waals surface area contributed by atoms with Crippen LogP contribution in [0, 0.1) is 5.92 Å². The summed E-state index contributed by atoms with van der Waals surface area (Å²) in [6.07, 6.45) is 1.32. The molecule has 0 aromatic carbocycles. The molecular formula is C15H16N4O7. The lowest BCUT2D eigenvalue weighted by atomic mass is 9.88. The van der Waals surface area contributed by atoms with Crippen LogP contribution in [0.4, 0.5) is 0 Å². The second-order valence-electron chi connectivity index (χ2n) is 6.74. The predicted octanol–water partition coefficient (Wildman–Crippen LogP) is -0.738. The molecule has 1 unspecified atom stereocenters. The van der Waals surface area contributed by atoms with Crippen molar-refractivity contribution in [2.45, 2.75) is 43.1 Å². The molecule has 4 rings (SSSR count). The fourth-order valence-electron chi connectivity index (χ4n) is 4.26. The summed E-state index contributed by atoms with van der Waals surface area (Å²) in [6, 6.07) is 0. The molecule has 2 fully saturated rings. The number of H-pyrrole nitrogens is 1. The van der Waals surface area contributed by atoms with Crippen LogP contribution in [-0.4, -0.2) is 58.5 Å². The van der Waals surface area contributed by atoms with Gasteiger partial charge >= 0.3 is 11.9 Å². The van der Waals surface area contributed by atoms with E-state index in [4.69, 9.17) is 9.84 Å². The zero-order valence-electron chi connectivity index (χ0n) is 13.5. The monoisotopic (exact) mass is 364 g/mol. The summed E-state index contributed by atoms with van der Waals surface area (Å²) in [5, 5.41) is 29.5. The van der Waals surface area contributed by atoms with Crippen LogP contribution in [0.5, 0.6) is 0 Å². The summed E-state index contributed by atoms with van der Waals surface area (Å²) in [7, 11) is 0. The number of hydrogen-bond donors (Lipinski definition) is 4. The van der Waals surface area contributed by atoms with Gasteiger partial charge in [-0.15, -0.1) is 0 Å². The van der Waals surface area contributed by atoms with Crippen molar-refractivity contribution in [1.82, 2.24) is 19.5 Å². The highest BCUT2D eigenvalue weighted by Gasteiger charge is 2.66. The van der Waals surface area contributed by atoms with Gasteiger partial charge in [-0.05, 0) is 19.3 Å². The van der Waals surface area contributed by atoms with Crippen LogP contribution in [-0.2, 0) is 20.1 Å². The first-order chi connectivity index (χ1) is 12.3. The maximum absolute atomic E-state index is 11.9. The van der Waals surface area contributed by atoms with Crippen LogP contribution in [0.2, 0.25) is 0 Å². The number of aliphatic carboxylic acids is 2. The Hall–Kier alpha value is -2.79. The van der Waals surface area contributed by atoms with E-state index in [1.807, 2.05) is 0 Å². The second kappa shape index (κ2) is 5.35. The van der Waals surface area contributed by atoms with Gasteiger partial charge in [0.15, 0.2) is 22.5 Å². The number of aliphatic hydroxyl groups is 1. The Morgan fingerprint density at radius 1 is 1.35 bits per heavy atom. The minimum Gasteiger partial charge on any atom is -0.481 e. The molecule has 0 radical (unpaired) electrons. The third-order valence-corrected chi connectivity index (χ3v) is 5.33. The van der Waals surface area contributed by atoms with E-state index < -0.39 is 47.3 Å². The van der Waals surface area contributed by atoms with Crippen molar-refractivity contribution in [3.8, 4) is 0 Å². The molecule has 11 nitrogen and oxygen atoms in total. The summed E-state index contributed by atoms with van der Waals surface area (Å²) < 4.78 is 7.25. The first kappa shape index (κ1) is 16.7. The lowest BCUT2D eigenvalue weighted by Gasteiger charge is -2.36. The Labute approximate surface area is 145 Å². The van der Waals surface area contributed by atoms with E-state index in [1.165, 1.54) is 17.2 Å². The first-order valence-corrected chi connectivity index (χ1v) is 8.05. The number of nitrogens with zero attached hydrogens (tertiary/aromatic N) is 3. The Balaban J connectivity index is 1.91. The highest BCUT2D eigenvalue weighted by molar-refractivity contribution is 5.84. The van der Waals surface area contributed by atoms with Crippen molar-refractivity contribution < 1.29 is 29.6 Å². The Morgan fingerprint density at radius 2 is 2.12 bits per heavy atom. The van der Waals surface area contributed by atoms with Crippen molar-refractivity contribution in [2.75, 3.05) is 0 Å². The van der Waals surface area contributed by atoms with E-state index in [2.05, 4.69) is 15.0 Å². The number of nitrogens with one attached hydrogen (secondary N) is 1. The van der Waals surface area contributed by atoms with Crippen LogP contribution in [0.3, 0.4) is 0 Å². The van der Waals surface area contributed by atoms with Crippen LogP contribution < -0.4 is 5.56 Å². The summed E-state index contributed by atoms with van der Waals surface area (Å²) in [6.45, 7) is 0. The molecule has 0 amide bonds. The van der Waals surface area contributed by atoms with E-state index in [0.717, 1.165) is 0 Å².